The average Bonchev–Trinajstić information content (AvgIpc) is 2.33. The van der Waals surface area contributed by atoms with Crippen molar-refractivity contribution < 1.29 is 13.2 Å². The van der Waals surface area contributed by atoms with Gasteiger partial charge in [0, 0.05) is 6.20 Å². The molecule has 2 aromatic rings. The van der Waals surface area contributed by atoms with Gasteiger partial charge in [-0.25, -0.2) is 19.6 Å². The first-order valence-corrected chi connectivity index (χ1v) is 5.83. The first kappa shape index (κ1) is 16.7. The lowest BCUT2D eigenvalue weighted by molar-refractivity contribution is -0.137. The van der Waals surface area contributed by atoms with Gasteiger partial charge in [0.1, 0.15) is 17.2 Å². The van der Waals surface area contributed by atoms with Gasteiger partial charge in [-0.05, 0) is 15.9 Å². The lowest BCUT2D eigenvalue weighted by atomic mass is 10.3. The smallest absolute Gasteiger partial charge is 0.385 e. The molecule has 0 aliphatic rings. The molecule has 21 heavy (non-hydrogen) atoms. The Morgan fingerprint density at radius 3 is 1.86 bits per heavy atom. The minimum absolute atomic E-state index is 0.301. The fourth-order valence-corrected chi connectivity index (χ4v) is 1.23. The van der Waals surface area contributed by atoms with Crippen molar-refractivity contribution in [2.75, 3.05) is 11.5 Å². The molecule has 0 saturated carbocycles. The van der Waals surface area contributed by atoms with E-state index in [0.29, 0.717) is 16.5 Å². The minimum Gasteiger partial charge on any atom is -0.385 e. The van der Waals surface area contributed by atoms with Gasteiger partial charge in [-0.15, -0.1) is 0 Å². The second kappa shape index (κ2) is 6.39. The van der Waals surface area contributed by atoms with Crippen LogP contribution in [0.1, 0.15) is 5.56 Å². The topological polar surface area (TPSA) is 144 Å². The van der Waals surface area contributed by atoms with Gasteiger partial charge in [0.15, 0.2) is 0 Å². The molecule has 2 aromatic heterocycles. The van der Waals surface area contributed by atoms with E-state index in [9.17, 15) is 22.8 Å². The van der Waals surface area contributed by atoms with Crippen molar-refractivity contribution in [2.24, 2.45) is 0 Å². The van der Waals surface area contributed by atoms with E-state index in [1.165, 1.54) is 6.20 Å². The van der Waals surface area contributed by atoms with E-state index in [2.05, 4.69) is 30.9 Å². The van der Waals surface area contributed by atoms with Gasteiger partial charge in [-0.3, -0.25) is 9.97 Å². The molecule has 0 spiro atoms. The molecule has 0 saturated heterocycles. The third-order valence-corrected chi connectivity index (χ3v) is 2.57. The second-order valence-electron chi connectivity index (χ2n) is 3.46. The third-order valence-electron chi connectivity index (χ3n) is 1.94. The standard InChI is InChI=1S/C5H4F3N3O.C4H4BrN3O/c6-5(7,8)2-1-10-4(12)11-3(2)9;5-2-1-7-4(9)8-3(2)6/h1H,(H3,9,10,11,12);1H,(H3,6,7,8,9). The van der Waals surface area contributed by atoms with Crippen molar-refractivity contribution in [3.63, 3.8) is 0 Å². The van der Waals surface area contributed by atoms with Gasteiger partial charge in [-0.2, -0.15) is 13.2 Å². The highest BCUT2D eigenvalue weighted by Gasteiger charge is 2.33. The largest absolute Gasteiger partial charge is 0.421 e. The van der Waals surface area contributed by atoms with E-state index in [-0.39, 0.29) is 0 Å². The Labute approximate surface area is 122 Å². The Kier molecular flexibility index (Phi) is 5.07. The van der Waals surface area contributed by atoms with Crippen LogP contribution < -0.4 is 22.8 Å². The molecule has 2 heterocycles. The summed E-state index contributed by atoms with van der Waals surface area (Å²) in [4.78, 5) is 31.1. The van der Waals surface area contributed by atoms with Gasteiger partial charge >= 0.3 is 17.6 Å². The van der Waals surface area contributed by atoms with Crippen LogP contribution in [0.2, 0.25) is 0 Å². The summed E-state index contributed by atoms with van der Waals surface area (Å²) in [5.74, 6) is -0.419. The van der Waals surface area contributed by atoms with Gasteiger partial charge in [0.2, 0.25) is 0 Å². The number of halogens is 4. The molecule has 8 nitrogen and oxygen atoms in total. The fourth-order valence-electron chi connectivity index (χ4n) is 1.03. The van der Waals surface area contributed by atoms with Crippen LogP contribution in [0.25, 0.3) is 0 Å². The number of nitrogen functional groups attached to an aromatic ring is 2. The van der Waals surface area contributed by atoms with E-state index < -0.39 is 28.9 Å². The number of anilines is 2. The zero-order valence-electron chi connectivity index (χ0n) is 10.0. The number of hydrogen-bond donors (Lipinski definition) is 4. The highest BCUT2D eigenvalue weighted by molar-refractivity contribution is 9.10. The predicted molar refractivity (Wildman–Crippen MR) is 71.2 cm³/mol. The van der Waals surface area contributed by atoms with Crippen LogP contribution in [0.5, 0.6) is 0 Å². The predicted octanol–water partition coefficient (Wildman–Crippen LogP) is 0.485. The Morgan fingerprint density at radius 1 is 1.00 bits per heavy atom. The number of rotatable bonds is 0. The Bertz CT molecular complexity index is 741. The van der Waals surface area contributed by atoms with E-state index in [4.69, 9.17) is 11.5 Å². The second-order valence-corrected chi connectivity index (χ2v) is 4.32. The number of alkyl halides is 3. The molecule has 0 bridgehead atoms. The molecule has 0 radical (unpaired) electrons. The molecular weight excluding hydrogens is 361 g/mol. The summed E-state index contributed by atoms with van der Waals surface area (Å²) in [6.07, 6.45) is -2.83. The maximum absolute atomic E-state index is 11.9. The molecule has 2 rings (SSSR count). The van der Waals surface area contributed by atoms with Crippen LogP contribution in [0.15, 0.2) is 26.5 Å². The molecule has 0 aromatic carbocycles. The van der Waals surface area contributed by atoms with E-state index in [0.717, 1.165) is 0 Å². The molecule has 0 unspecified atom stereocenters. The summed E-state index contributed by atoms with van der Waals surface area (Å²) in [5.41, 5.74) is 7.70. The van der Waals surface area contributed by atoms with Crippen molar-refractivity contribution in [3.05, 3.63) is 43.4 Å². The average molecular weight is 369 g/mol. The van der Waals surface area contributed by atoms with Crippen LogP contribution in [-0.4, -0.2) is 19.9 Å². The maximum atomic E-state index is 11.9. The first-order chi connectivity index (χ1) is 9.61. The molecule has 0 aliphatic heterocycles. The van der Waals surface area contributed by atoms with Crippen LogP contribution >= 0.6 is 15.9 Å². The van der Waals surface area contributed by atoms with Crippen molar-refractivity contribution in [2.45, 2.75) is 6.18 Å². The number of aromatic nitrogens is 4. The Morgan fingerprint density at radius 2 is 1.48 bits per heavy atom. The van der Waals surface area contributed by atoms with E-state index in [1.54, 1.807) is 4.98 Å². The maximum Gasteiger partial charge on any atom is 0.421 e. The zero-order valence-corrected chi connectivity index (χ0v) is 11.6. The molecule has 6 N–H and O–H groups in total. The number of H-pyrrole nitrogens is 2. The van der Waals surface area contributed by atoms with Gasteiger partial charge < -0.3 is 11.5 Å². The van der Waals surface area contributed by atoms with Crippen molar-refractivity contribution in [1.29, 1.82) is 0 Å². The van der Waals surface area contributed by atoms with Gasteiger partial charge in [-0.1, -0.05) is 0 Å². The van der Waals surface area contributed by atoms with E-state index >= 15 is 0 Å². The lowest BCUT2D eigenvalue weighted by Gasteiger charge is -2.06. The van der Waals surface area contributed by atoms with Crippen molar-refractivity contribution in [3.8, 4) is 0 Å². The minimum atomic E-state index is -4.58. The number of hydrogen-bond acceptors (Lipinski definition) is 6. The normalized spacial score (nSPS) is 10.7. The van der Waals surface area contributed by atoms with Crippen molar-refractivity contribution in [1.82, 2.24) is 19.9 Å². The Hall–Kier alpha value is -2.37. The number of nitrogens with two attached hydrogens (primary N) is 2. The van der Waals surface area contributed by atoms with E-state index in [1.807, 2.05) is 0 Å². The number of nitrogens with zero attached hydrogens (tertiary/aromatic N) is 2. The van der Waals surface area contributed by atoms with Crippen LogP contribution in [0.3, 0.4) is 0 Å². The SMILES string of the molecule is Nc1[nH]c(=O)ncc1Br.Nc1[nH]c(=O)ncc1C(F)(F)F. The van der Waals surface area contributed by atoms with Gasteiger partial charge in [0.25, 0.3) is 0 Å². The molecular formula is C9H8BrF3N6O2. The zero-order chi connectivity index (χ0) is 16.2. The molecule has 114 valence electrons. The third kappa shape index (κ3) is 4.91. The van der Waals surface area contributed by atoms with Crippen molar-refractivity contribution >= 4 is 27.6 Å². The monoisotopic (exact) mass is 368 g/mol. The highest BCUT2D eigenvalue weighted by atomic mass is 79.9. The van der Waals surface area contributed by atoms with Crippen LogP contribution in [-0.2, 0) is 6.18 Å². The lowest BCUT2D eigenvalue weighted by Crippen LogP contribution is -2.18. The number of nitrogens with one attached hydrogen (secondary N) is 2. The summed E-state index contributed by atoms with van der Waals surface area (Å²) < 4.78 is 36.4. The highest BCUT2D eigenvalue weighted by Crippen LogP contribution is 2.30. The first-order valence-electron chi connectivity index (χ1n) is 5.03. The summed E-state index contributed by atoms with van der Waals surface area (Å²) in [6.45, 7) is 0. The van der Waals surface area contributed by atoms with Gasteiger partial charge in [0.05, 0.1) is 10.7 Å². The van der Waals surface area contributed by atoms with Crippen LogP contribution in [0, 0.1) is 0 Å². The fraction of sp³-hybridized carbons (Fsp3) is 0.111. The molecule has 0 aliphatic carbocycles. The summed E-state index contributed by atoms with van der Waals surface area (Å²) in [7, 11) is 0. The quantitative estimate of drug-likeness (QED) is 0.532. The molecule has 12 heteroatoms. The molecule has 0 amide bonds. The number of aromatic amines is 2. The Balaban J connectivity index is 0.000000219. The summed E-state index contributed by atoms with van der Waals surface area (Å²) in [5, 5.41) is 0. The summed E-state index contributed by atoms with van der Waals surface area (Å²) >= 11 is 3.07. The van der Waals surface area contributed by atoms with Crippen LogP contribution in [0.4, 0.5) is 24.8 Å². The molecule has 0 fully saturated rings. The molecule has 0 atom stereocenters. The summed E-state index contributed by atoms with van der Waals surface area (Å²) in [6, 6.07) is 0.